The van der Waals surface area contributed by atoms with E-state index in [-0.39, 0.29) is 5.91 Å². The predicted octanol–water partition coefficient (Wildman–Crippen LogP) is 5.37. The SMILES string of the molecule is CCN(CC)c1ccc(-n2nc3cc(C)c(NC(=O)C(C)(C)Oc4ccccc4)cc3n2)cc1. The van der Waals surface area contributed by atoms with E-state index in [4.69, 9.17) is 4.74 Å². The van der Waals surface area contributed by atoms with Crippen LogP contribution in [0.1, 0.15) is 33.3 Å². The van der Waals surface area contributed by atoms with Crippen LogP contribution in [-0.4, -0.2) is 39.6 Å². The molecule has 0 aliphatic heterocycles. The van der Waals surface area contributed by atoms with Crippen LogP contribution in [0.4, 0.5) is 11.4 Å². The van der Waals surface area contributed by atoms with Gasteiger partial charge in [0.2, 0.25) is 0 Å². The van der Waals surface area contributed by atoms with E-state index in [2.05, 4.69) is 46.4 Å². The number of carbonyl (C=O) groups is 1. The van der Waals surface area contributed by atoms with E-state index in [1.807, 2.05) is 61.5 Å². The molecule has 0 unspecified atom stereocenters. The zero-order valence-electron chi connectivity index (χ0n) is 20.4. The summed E-state index contributed by atoms with van der Waals surface area (Å²) in [6, 6.07) is 21.3. The molecule has 0 aliphatic carbocycles. The Morgan fingerprint density at radius 1 is 0.971 bits per heavy atom. The number of hydrogen-bond acceptors (Lipinski definition) is 5. The number of rotatable bonds is 8. The third-order valence-electron chi connectivity index (χ3n) is 5.85. The van der Waals surface area contributed by atoms with Gasteiger partial charge in [-0.25, -0.2) is 0 Å². The van der Waals surface area contributed by atoms with E-state index < -0.39 is 5.60 Å². The highest BCUT2D eigenvalue weighted by molar-refractivity contribution is 5.99. The lowest BCUT2D eigenvalue weighted by Gasteiger charge is -2.25. The number of hydrogen-bond donors (Lipinski definition) is 1. The van der Waals surface area contributed by atoms with E-state index in [1.54, 1.807) is 18.6 Å². The smallest absolute Gasteiger partial charge is 0.267 e. The number of ether oxygens (including phenoxy) is 1. The van der Waals surface area contributed by atoms with Gasteiger partial charge < -0.3 is 15.0 Å². The van der Waals surface area contributed by atoms with Gasteiger partial charge in [0.15, 0.2) is 5.60 Å². The number of benzene rings is 3. The number of aryl methyl sites for hydroxylation is 1. The van der Waals surface area contributed by atoms with Crippen LogP contribution in [0.25, 0.3) is 16.7 Å². The Bertz CT molecular complexity index is 1280. The van der Waals surface area contributed by atoms with Crippen LogP contribution in [0.5, 0.6) is 5.75 Å². The van der Waals surface area contributed by atoms with Gasteiger partial charge in [0.05, 0.1) is 5.69 Å². The Morgan fingerprint density at radius 3 is 2.21 bits per heavy atom. The molecule has 0 fully saturated rings. The summed E-state index contributed by atoms with van der Waals surface area (Å²) in [5.74, 6) is 0.406. The summed E-state index contributed by atoms with van der Waals surface area (Å²) >= 11 is 0. The summed E-state index contributed by atoms with van der Waals surface area (Å²) in [6.45, 7) is 11.7. The quantitative estimate of drug-likeness (QED) is 0.385. The van der Waals surface area contributed by atoms with Crippen molar-refractivity contribution in [1.29, 1.82) is 0 Å². The molecule has 3 aromatic carbocycles. The number of aromatic nitrogens is 3. The van der Waals surface area contributed by atoms with Crippen molar-refractivity contribution in [1.82, 2.24) is 15.0 Å². The first-order valence-corrected chi connectivity index (χ1v) is 11.6. The molecular weight excluding hydrogens is 426 g/mol. The zero-order valence-corrected chi connectivity index (χ0v) is 20.4. The first-order valence-electron chi connectivity index (χ1n) is 11.6. The highest BCUT2D eigenvalue weighted by Crippen LogP contribution is 2.25. The van der Waals surface area contributed by atoms with Crippen molar-refractivity contribution < 1.29 is 9.53 Å². The summed E-state index contributed by atoms with van der Waals surface area (Å²) in [6.07, 6.45) is 0. The van der Waals surface area contributed by atoms with Crippen LogP contribution in [0.2, 0.25) is 0 Å². The number of anilines is 2. The Balaban J connectivity index is 1.55. The molecule has 1 aromatic heterocycles. The van der Waals surface area contributed by atoms with E-state index in [9.17, 15) is 4.79 Å². The summed E-state index contributed by atoms with van der Waals surface area (Å²) in [4.78, 5) is 16.9. The largest absolute Gasteiger partial charge is 0.478 e. The fourth-order valence-corrected chi connectivity index (χ4v) is 3.81. The minimum atomic E-state index is -1.05. The van der Waals surface area contributed by atoms with Gasteiger partial charge >= 0.3 is 0 Å². The number of fused-ring (bicyclic) bond motifs is 1. The number of nitrogens with one attached hydrogen (secondary N) is 1. The molecule has 0 atom stereocenters. The van der Waals surface area contributed by atoms with Gasteiger partial charge in [-0.05, 0) is 88.7 Å². The van der Waals surface area contributed by atoms with Gasteiger partial charge in [-0.2, -0.15) is 4.80 Å². The number of nitrogens with zero attached hydrogens (tertiary/aromatic N) is 4. The van der Waals surface area contributed by atoms with Crippen LogP contribution < -0.4 is 15.0 Å². The Labute approximate surface area is 200 Å². The van der Waals surface area contributed by atoms with Crippen molar-refractivity contribution in [3.63, 3.8) is 0 Å². The second-order valence-corrected chi connectivity index (χ2v) is 8.71. The van der Waals surface area contributed by atoms with Crippen LogP contribution in [0, 0.1) is 6.92 Å². The molecule has 0 saturated heterocycles. The standard InChI is InChI=1S/C27H31N5O2/c1-6-31(7-2)20-13-15-21(16-14-20)32-29-24-17-19(3)23(18-25(24)30-32)28-26(33)27(4,5)34-22-11-9-8-10-12-22/h8-18H,6-7H2,1-5H3,(H,28,33). The fourth-order valence-electron chi connectivity index (χ4n) is 3.81. The van der Waals surface area contributed by atoms with Crippen LogP contribution >= 0.6 is 0 Å². The van der Waals surface area contributed by atoms with E-state index >= 15 is 0 Å². The fraction of sp³-hybridized carbons (Fsp3) is 0.296. The normalized spacial score (nSPS) is 11.4. The summed E-state index contributed by atoms with van der Waals surface area (Å²) in [5, 5.41) is 12.3. The maximum Gasteiger partial charge on any atom is 0.267 e. The monoisotopic (exact) mass is 457 g/mol. The Kier molecular flexibility index (Phi) is 6.54. The third kappa shape index (κ3) is 4.88. The van der Waals surface area contributed by atoms with Crippen molar-refractivity contribution in [3.8, 4) is 11.4 Å². The molecule has 4 rings (SSSR count). The average molecular weight is 458 g/mol. The molecule has 1 amide bonds. The third-order valence-corrected chi connectivity index (χ3v) is 5.85. The van der Waals surface area contributed by atoms with E-state index in [0.29, 0.717) is 17.0 Å². The van der Waals surface area contributed by atoms with Gasteiger partial charge in [-0.3, -0.25) is 4.79 Å². The highest BCUT2D eigenvalue weighted by atomic mass is 16.5. The summed E-state index contributed by atoms with van der Waals surface area (Å²) < 4.78 is 5.92. The van der Waals surface area contributed by atoms with Gasteiger partial charge in [0, 0.05) is 24.5 Å². The number of amides is 1. The molecule has 0 saturated carbocycles. The molecule has 176 valence electrons. The minimum absolute atomic E-state index is 0.238. The number of para-hydroxylation sites is 1. The molecule has 0 radical (unpaired) electrons. The lowest BCUT2D eigenvalue weighted by molar-refractivity contribution is -0.128. The molecule has 0 bridgehead atoms. The van der Waals surface area contributed by atoms with Gasteiger partial charge in [-0.1, -0.05) is 18.2 Å². The van der Waals surface area contributed by atoms with Crippen molar-refractivity contribution in [2.45, 2.75) is 40.2 Å². The topological polar surface area (TPSA) is 72.3 Å². The molecule has 0 spiro atoms. The van der Waals surface area contributed by atoms with Crippen LogP contribution in [-0.2, 0) is 4.79 Å². The molecule has 1 N–H and O–H groups in total. The second-order valence-electron chi connectivity index (χ2n) is 8.71. The van der Waals surface area contributed by atoms with E-state index in [1.165, 1.54) is 5.69 Å². The van der Waals surface area contributed by atoms with Crippen molar-refractivity contribution in [2.75, 3.05) is 23.3 Å². The predicted molar refractivity (Wildman–Crippen MR) is 137 cm³/mol. The molecule has 1 heterocycles. The van der Waals surface area contributed by atoms with E-state index in [0.717, 1.165) is 29.9 Å². The van der Waals surface area contributed by atoms with Gasteiger partial charge in [0.25, 0.3) is 5.91 Å². The Hall–Kier alpha value is -3.87. The highest BCUT2D eigenvalue weighted by Gasteiger charge is 2.30. The van der Waals surface area contributed by atoms with Crippen molar-refractivity contribution >= 4 is 28.3 Å². The first kappa shape index (κ1) is 23.3. The second kappa shape index (κ2) is 9.55. The summed E-state index contributed by atoms with van der Waals surface area (Å²) in [7, 11) is 0. The maximum absolute atomic E-state index is 13.0. The maximum atomic E-state index is 13.0. The molecule has 7 nitrogen and oxygen atoms in total. The lowest BCUT2D eigenvalue weighted by atomic mass is 10.1. The van der Waals surface area contributed by atoms with Crippen molar-refractivity contribution in [2.24, 2.45) is 0 Å². The van der Waals surface area contributed by atoms with Gasteiger partial charge in [0.1, 0.15) is 16.8 Å². The minimum Gasteiger partial charge on any atom is -0.478 e. The Morgan fingerprint density at radius 2 is 1.59 bits per heavy atom. The van der Waals surface area contributed by atoms with Crippen LogP contribution in [0.15, 0.2) is 66.7 Å². The first-order chi connectivity index (χ1) is 16.3. The van der Waals surface area contributed by atoms with Crippen molar-refractivity contribution in [3.05, 3.63) is 72.3 Å². The van der Waals surface area contributed by atoms with Crippen LogP contribution in [0.3, 0.4) is 0 Å². The summed E-state index contributed by atoms with van der Waals surface area (Å²) in [5.41, 5.74) is 4.07. The molecule has 0 aliphatic rings. The lowest BCUT2D eigenvalue weighted by Crippen LogP contribution is -2.42. The molecule has 7 heteroatoms. The zero-order chi connectivity index (χ0) is 24.3. The number of carbonyl (C=O) groups excluding carboxylic acids is 1. The molecular formula is C27H31N5O2. The molecule has 34 heavy (non-hydrogen) atoms. The molecule has 4 aromatic rings. The van der Waals surface area contributed by atoms with Gasteiger partial charge in [-0.15, -0.1) is 10.2 Å². The average Bonchev–Trinajstić information content (AvgIpc) is 3.23.